The molecule has 0 bridgehead atoms. The van der Waals surface area contributed by atoms with Crippen molar-refractivity contribution in [2.75, 3.05) is 12.9 Å². The Morgan fingerprint density at radius 3 is 1.71 bits per heavy atom. The summed E-state index contributed by atoms with van der Waals surface area (Å²) < 4.78 is 25.9. The summed E-state index contributed by atoms with van der Waals surface area (Å²) in [6.45, 7) is 10.7. The lowest BCUT2D eigenvalue weighted by molar-refractivity contribution is 0.331. The summed E-state index contributed by atoms with van der Waals surface area (Å²) in [7, 11) is -4.67. The maximum Gasteiger partial charge on any atom is 0.261 e. The van der Waals surface area contributed by atoms with E-state index in [4.69, 9.17) is 9.66 Å². The van der Waals surface area contributed by atoms with Gasteiger partial charge in [-0.3, -0.25) is 4.55 Å². The molecule has 0 saturated carbocycles. The zero-order valence-electron chi connectivity index (χ0n) is 9.24. The van der Waals surface area contributed by atoms with Crippen LogP contribution in [0.25, 0.3) is 0 Å². The molecular weight excluding hydrogens is 220 g/mol. The quantitative estimate of drug-likeness (QED) is 0.444. The van der Waals surface area contributed by atoms with Gasteiger partial charge in [-0.25, -0.2) is 0 Å². The zero-order valence-corrected chi connectivity index (χ0v) is 11.1. The molecular formula is C8H20O4SSi. The molecule has 86 valence electrons. The summed E-state index contributed by atoms with van der Waals surface area (Å²) >= 11 is 0. The normalized spacial score (nSPS) is 11.6. The third kappa shape index (κ3) is 29.7. The highest BCUT2D eigenvalue weighted by Crippen LogP contribution is 2.13. The second-order valence-corrected chi connectivity index (χ2v) is 11.3. The molecule has 0 aromatic heterocycles. The van der Waals surface area contributed by atoms with E-state index in [0.29, 0.717) is 6.26 Å². The Hall–Kier alpha value is -0.173. The molecule has 0 rings (SSSR count). The van der Waals surface area contributed by atoms with Crippen molar-refractivity contribution in [1.82, 2.24) is 0 Å². The summed E-state index contributed by atoms with van der Waals surface area (Å²) in [6, 6.07) is 1.05. The van der Waals surface area contributed by atoms with Crippen LogP contribution in [0.5, 0.6) is 0 Å². The van der Waals surface area contributed by atoms with Gasteiger partial charge < -0.3 is 5.11 Å². The molecule has 0 saturated heterocycles. The minimum Gasteiger partial charge on any atom is -0.392 e. The molecule has 0 spiro atoms. The van der Waals surface area contributed by atoms with E-state index in [1.165, 1.54) is 0 Å². The van der Waals surface area contributed by atoms with Crippen LogP contribution in [0.1, 0.15) is 0 Å². The second kappa shape index (κ2) is 6.34. The molecule has 0 radical (unpaired) electrons. The predicted molar refractivity (Wildman–Crippen MR) is 61.9 cm³/mol. The zero-order chi connectivity index (χ0) is 12.0. The Balaban J connectivity index is 0. The highest BCUT2D eigenvalue weighted by molar-refractivity contribution is 7.85. The minimum atomic E-state index is -3.67. The molecule has 0 aromatic carbocycles. The van der Waals surface area contributed by atoms with Gasteiger partial charge in [-0.2, -0.15) is 8.42 Å². The van der Waals surface area contributed by atoms with E-state index in [9.17, 15) is 8.42 Å². The van der Waals surface area contributed by atoms with Crippen LogP contribution in [0.15, 0.2) is 12.2 Å². The van der Waals surface area contributed by atoms with Crippen molar-refractivity contribution in [3.05, 3.63) is 12.2 Å². The van der Waals surface area contributed by atoms with Crippen LogP contribution in [-0.4, -0.2) is 39.0 Å². The third-order valence-corrected chi connectivity index (χ3v) is 2.56. The molecule has 2 N–H and O–H groups in total. The number of hydrogen-bond donors (Lipinski definition) is 2. The van der Waals surface area contributed by atoms with E-state index in [2.05, 4.69) is 26.2 Å². The van der Waals surface area contributed by atoms with Gasteiger partial charge in [-0.1, -0.05) is 31.8 Å². The largest absolute Gasteiger partial charge is 0.392 e. The first kappa shape index (κ1) is 16.3. The van der Waals surface area contributed by atoms with Gasteiger partial charge in [0.15, 0.2) is 0 Å². The van der Waals surface area contributed by atoms with Crippen LogP contribution in [0.3, 0.4) is 0 Å². The van der Waals surface area contributed by atoms with E-state index in [1.54, 1.807) is 0 Å². The first-order valence-electron chi connectivity index (χ1n) is 4.15. The van der Waals surface area contributed by atoms with Crippen molar-refractivity contribution in [2.24, 2.45) is 0 Å². The van der Waals surface area contributed by atoms with Crippen molar-refractivity contribution >= 4 is 18.2 Å². The molecule has 0 aromatic rings. The van der Waals surface area contributed by atoms with Gasteiger partial charge in [-0.05, 0) is 6.04 Å². The fraction of sp³-hybridized carbons (Fsp3) is 0.750. The fourth-order valence-corrected chi connectivity index (χ4v) is 2.42. The summed E-state index contributed by atoms with van der Waals surface area (Å²) in [5.74, 6) is 0. The monoisotopic (exact) mass is 240 g/mol. The first-order chi connectivity index (χ1) is 5.95. The molecule has 14 heavy (non-hydrogen) atoms. The van der Waals surface area contributed by atoms with E-state index in [-0.39, 0.29) is 6.61 Å². The van der Waals surface area contributed by atoms with Gasteiger partial charge in [0.2, 0.25) is 0 Å². The van der Waals surface area contributed by atoms with Crippen molar-refractivity contribution in [1.29, 1.82) is 0 Å². The second-order valence-electron chi connectivity index (χ2n) is 4.38. The summed E-state index contributed by atoms with van der Waals surface area (Å²) in [5, 5.41) is 8.62. The molecule has 0 heterocycles. The molecule has 0 amide bonds. The Morgan fingerprint density at radius 2 is 1.64 bits per heavy atom. The lowest BCUT2D eigenvalue weighted by Gasteiger charge is -2.15. The lowest BCUT2D eigenvalue weighted by Crippen LogP contribution is -2.20. The highest BCUT2D eigenvalue weighted by Gasteiger charge is 2.13. The van der Waals surface area contributed by atoms with Crippen LogP contribution < -0.4 is 0 Å². The van der Waals surface area contributed by atoms with Crippen LogP contribution in [-0.2, 0) is 10.1 Å². The molecule has 0 aliphatic rings. The van der Waals surface area contributed by atoms with Crippen molar-refractivity contribution in [3.63, 3.8) is 0 Å². The number of hydrogen-bond acceptors (Lipinski definition) is 3. The maximum atomic E-state index is 9.19. The van der Waals surface area contributed by atoms with E-state index in [1.807, 2.05) is 0 Å². The Morgan fingerprint density at radius 1 is 1.36 bits per heavy atom. The van der Waals surface area contributed by atoms with E-state index < -0.39 is 18.2 Å². The van der Waals surface area contributed by atoms with Gasteiger partial charge in [-0.15, -0.1) is 0 Å². The predicted octanol–water partition coefficient (Wildman–Crippen LogP) is 1.38. The van der Waals surface area contributed by atoms with Gasteiger partial charge in [0.25, 0.3) is 10.1 Å². The SMILES string of the molecule is C=C(CO)C[Si](C)(C)C.CS(=O)(=O)O. The molecule has 0 aliphatic heterocycles. The van der Waals surface area contributed by atoms with E-state index >= 15 is 0 Å². The highest BCUT2D eigenvalue weighted by atomic mass is 32.2. The van der Waals surface area contributed by atoms with Crippen molar-refractivity contribution in [3.8, 4) is 0 Å². The van der Waals surface area contributed by atoms with E-state index in [0.717, 1.165) is 11.6 Å². The van der Waals surface area contributed by atoms with Crippen molar-refractivity contribution in [2.45, 2.75) is 25.7 Å². The van der Waals surface area contributed by atoms with Gasteiger partial charge in [0.1, 0.15) is 0 Å². The standard InChI is InChI=1S/C7H16OSi.CH4O3S/c1-7(5-8)6-9(2,3)4;1-5(2,3)4/h8H,1,5-6H2,2-4H3;1H3,(H,2,3,4). The molecule has 6 heteroatoms. The number of aliphatic hydroxyl groups is 1. The molecule has 0 atom stereocenters. The lowest BCUT2D eigenvalue weighted by atomic mass is 10.4. The van der Waals surface area contributed by atoms with Crippen LogP contribution in [0.2, 0.25) is 25.7 Å². The average molecular weight is 240 g/mol. The van der Waals surface area contributed by atoms with Crippen LogP contribution >= 0.6 is 0 Å². The third-order valence-electron chi connectivity index (χ3n) is 1.00. The maximum absolute atomic E-state index is 9.19. The molecule has 0 unspecified atom stereocenters. The summed E-state index contributed by atoms with van der Waals surface area (Å²) in [5.41, 5.74) is 0.981. The summed E-state index contributed by atoms with van der Waals surface area (Å²) in [4.78, 5) is 0. The minimum absolute atomic E-state index is 0.157. The number of aliphatic hydroxyl groups excluding tert-OH is 1. The van der Waals surface area contributed by atoms with Crippen molar-refractivity contribution < 1.29 is 18.1 Å². The molecule has 0 aliphatic carbocycles. The Bertz CT molecular complexity index is 256. The summed E-state index contributed by atoms with van der Waals surface area (Å²) in [6.07, 6.45) is 0.715. The number of rotatable bonds is 3. The fourth-order valence-electron chi connectivity index (χ4n) is 0.806. The Kier molecular flexibility index (Phi) is 7.36. The smallest absolute Gasteiger partial charge is 0.261 e. The van der Waals surface area contributed by atoms with Crippen LogP contribution in [0, 0.1) is 0 Å². The van der Waals surface area contributed by atoms with Gasteiger partial charge >= 0.3 is 0 Å². The molecule has 4 nitrogen and oxygen atoms in total. The average Bonchev–Trinajstić information content (AvgIpc) is 1.79. The van der Waals surface area contributed by atoms with Gasteiger partial charge in [0.05, 0.1) is 12.9 Å². The topological polar surface area (TPSA) is 74.6 Å². The van der Waals surface area contributed by atoms with Crippen LogP contribution in [0.4, 0.5) is 0 Å². The first-order valence-corrected chi connectivity index (χ1v) is 9.71. The van der Waals surface area contributed by atoms with Gasteiger partial charge in [0, 0.05) is 8.07 Å². The molecule has 0 fully saturated rings. The Labute approximate surface area is 87.4 Å².